The molecule has 3 rings (SSSR count). The van der Waals surface area contributed by atoms with Gasteiger partial charge in [-0.2, -0.15) is 0 Å². The maximum absolute atomic E-state index is 14.5. The molecule has 0 unspecified atom stereocenters. The summed E-state index contributed by atoms with van der Waals surface area (Å²) in [5, 5.41) is 50.0. The Morgan fingerprint density at radius 1 is 0.495 bits per heavy atom. The van der Waals surface area contributed by atoms with Gasteiger partial charge in [0.15, 0.2) is 17.9 Å². The molecule has 43 heteroatoms. The van der Waals surface area contributed by atoms with Crippen LogP contribution in [0.5, 0.6) is 0 Å². The number of H-pyrrole nitrogens is 2. The highest BCUT2D eigenvalue weighted by molar-refractivity contribution is 5.99. The van der Waals surface area contributed by atoms with Crippen molar-refractivity contribution >= 4 is 112 Å². The van der Waals surface area contributed by atoms with Crippen molar-refractivity contribution in [3.8, 4) is 0 Å². The van der Waals surface area contributed by atoms with Crippen molar-refractivity contribution in [1.29, 1.82) is 0 Å². The maximum Gasteiger partial charge on any atom is 0.325 e. The summed E-state index contributed by atoms with van der Waals surface area (Å²) in [5.41, 5.74) is 51.5. The van der Waals surface area contributed by atoms with E-state index in [1.807, 2.05) is 0 Å². The summed E-state index contributed by atoms with van der Waals surface area (Å²) < 4.78 is 0. The summed E-state index contributed by atoms with van der Waals surface area (Å²) in [6.07, 6.45) is 2.72. The monoisotopic (exact) mass is 1480 g/mol. The Morgan fingerprint density at radius 2 is 0.962 bits per heavy atom. The average molecular weight is 1480 g/mol. The molecule has 34 N–H and O–H groups in total. The summed E-state index contributed by atoms with van der Waals surface area (Å²) in [4.78, 5) is 210. The van der Waals surface area contributed by atoms with Gasteiger partial charge in [0, 0.05) is 74.4 Å². The number of para-hydroxylation sites is 1. The number of carbonyl (C=O) groups excluding carboxylic acids is 13. The van der Waals surface area contributed by atoms with Crippen LogP contribution >= 0.6 is 0 Å². The summed E-state index contributed by atoms with van der Waals surface area (Å²) in [5.74, 6) is -14.4. The number of primary amides is 2. The molecule has 2 heterocycles. The number of aliphatic imine (C=N–C) groups is 3. The third kappa shape index (κ3) is 32.7. The molecule has 0 saturated heterocycles. The van der Waals surface area contributed by atoms with Crippen molar-refractivity contribution < 1.29 is 77.3 Å². The second kappa shape index (κ2) is 45.1. The van der Waals surface area contributed by atoms with Gasteiger partial charge >= 0.3 is 12.0 Å². The Kier molecular flexibility index (Phi) is 37.5. The molecule has 2 aromatic heterocycles. The normalized spacial score (nSPS) is 14.1. The van der Waals surface area contributed by atoms with Crippen molar-refractivity contribution in [3.63, 3.8) is 0 Å². The number of nitrogens with one attached hydrogen (secondary N) is 14. The predicted molar refractivity (Wildman–Crippen MR) is 380 cm³/mol. The lowest BCUT2D eigenvalue weighted by Crippen LogP contribution is -2.60. The number of carboxylic acids is 1. The van der Waals surface area contributed by atoms with Crippen LogP contribution in [0.4, 0.5) is 4.79 Å². The number of rotatable bonds is 48. The van der Waals surface area contributed by atoms with Gasteiger partial charge in [0.1, 0.15) is 60.4 Å². The second-order valence-electron chi connectivity index (χ2n) is 24.7. The number of hydrogen-bond acceptors (Lipinski definition) is 20. The first-order valence-electron chi connectivity index (χ1n) is 33.5. The third-order valence-electron chi connectivity index (χ3n) is 15.7. The number of aliphatic hydroxyl groups is 1. The number of urea groups is 1. The summed E-state index contributed by atoms with van der Waals surface area (Å²) in [6, 6.07) is -10.3. The molecule has 3 aromatic rings. The lowest BCUT2D eigenvalue weighted by molar-refractivity contribution is -0.141. The van der Waals surface area contributed by atoms with E-state index in [-0.39, 0.29) is 115 Å². The Bertz CT molecular complexity index is 3540. The fraction of sp³-hybridized carbons (Fsp3) is 0.548. The molecule has 0 fully saturated rings. The number of carboxylic acid groups (broad SMARTS) is 1. The minimum absolute atomic E-state index is 0.0162. The van der Waals surface area contributed by atoms with Crippen LogP contribution < -0.4 is 115 Å². The zero-order chi connectivity index (χ0) is 78.5. The van der Waals surface area contributed by atoms with E-state index in [1.54, 1.807) is 44.3 Å². The lowest BCUT2D eigenvalue weighted by atomic mass is 10.0. The van der Waals surface area contributed by atoms with Crippen LogP contribution in [0.3, 0.4) is 0 Å². The molecule has 14 amide bonds. The first-order chi connectivity index (χ1) is 49.6. The first-order valence-corrected chi connectivity index (χ1v) is 33.5. The maximum atomic E-state index is 14.5. The number of aliphatic carboxylic acids is 1. The van der Waals surface area contributed by atoms with E-state index in [0.29, 0.717) is 22.2 Å². The number of aliphatic hydroxyl groups excluding tert-OH is 1. The van der Waals surface area contributed by atoms with E-state index < -0.39 is 175 Å². The van der Waals surface area contributed by atoms with Crippen molar-refractivity contribution in [2.75, 3.05) is 39.3 Å². The molecule has 580 valence electrons. The van der Waals surface area contributed by atoms with E-state index in [0.717, 1.165) is 0 Å². The van der Waals surface area contributed by atoms with Crippen LogP contribution in [0.1, 0.15) is 103 Å². The SMILES string of the molecule is CC(C)[C@H](NC(=O)[C@H](CCCN=C(N)N)NC(=O)[C@H](CCCN=C(N)N)NC(=O)[C@H](CCC(N)=O)NC(=O)[C@@H](N)Cc1cnc[nH]1)C(=O)N[C@@H](CCCNC(N)=O)C(=O)NCC(=O)N[C@@H](Cc1c[nH]c2ccccc12)C(=O)N[C@@H](CO)C(=O)N[C@@H](CCCN=C(N)N)C(=O)N[C@@H](C)C(=O)N[C@@H](C)C(=O)O. The van der Waals surface area contributed by atoms with Crippen molar-refractivity contribution in [2.45, 2.75) is 171 Å². The molecule has 0 aliphatic carbocycles. The highest BCUT2D eigenvalue weighted by Gasteiger charge is 2.36. The number of guanidine groups is 3. The molecule has 0 aliphatic heterocycles. The van der Waals surface area contributed by atoms with Crippen LogP contribution in [0, 0.1) is 5.92 Å². The molecule has 105 heavy (non-hydrogen) atoms. The van der Waals surface area contributed by atoms with Gasteiger partial charge < -0.3 is 136 Å². The van der Waals surface area contributed by atoms with Crippen LogP contribution in [0.2, 0.25) is 0 Å². The summed E-state index contributed by atoms with van der Waals surface area (Å²) in [7, 11) is 0. The van der Waals surface area contributed by atoms with E-state index in [9.17, 15) is 77.3 Å². The van der Waals surface area contributed by atoms with Crippen LogP contribution in [0.25, 0.3) is 10.9 Å². The molecular weight excluding hydrogens is 1380 g/mol. The van der Waals surface area contributed by atoms with Crippen molar-refractivity contribution in [3.05, 3.63) is 54.2 Å². The molecule has 1 aromatic carbocycles. The standard InChI is InChI=1S/C62H101N27O16/c1-30(2)47(89-54(99)41(16-9-21-75-61(69)70)85-52(97)40(15-8-20-74-60(67)68)84-53(98)42(17-18-45(64)91)83-49(94)36(63)24-34-26-72-29-79-34)57(102)87-38(13-10-22-76-62(71)105)50(95)78-27-46(92)82-43(23-33-25-77-37-12-6-5-11-35(33)37)55(100)88-44(28-90)56(101)86-39(14-7-19-73-59(65)66)51(96)80-31(3)48(93)81-32(4)58(103)104/h5-6,11-12,25-26,29-32,36,38-44,47,77,90H,7-10,13-24,27-28,63H2,1-4H3,(H2,64,91)(H,72,79)(H,78,95)(H,80,96)(H,81,93)(H,82,92)(H,83,94)(H,84,98)(H,85,97)(H,86,101)(H,87,102)(H,88,100)(H,89,99)(H,103,104)(H4,65,66,73)(H4,67,68,74)(H4,69,70,75)(H3,71,76,105)/t31-,32-,36-,38-,39-,40-,41-,42-,43-,44-,47-/m0/s1. The molecular formula is C62H101N27O16. The van der Waals surface area contributed by atoms with Crippen LogP contribution in [0.15, 0.2) is 58.0 Å². The Morgan fingerprint density at radius 3 is 1.47 bits per heavy atom. The fourth-order valence-corrected chi connectivity index (χ4v) is 10.0. The molecule has 0 spiro atoms. The third-order valence-corrected chi connectivity index (χ3v) is 15.7. The quantitative estimate of drug-likeness (QED) is 0.0142. The van der Waals surface area contributed by atoms with Gasteiger partial charge in [-0.1, -0.05) is 32.0 Å². The number of aromatic nitrogens is 3. The molecule has 0 radical (unpaired) electrons. The minimum atomic E-state index is -1.81. The zero-order valence-corrected chi connectivity index (χ0v) is 58.8. The van der Waals surface area contributed by atoms with Gasteiger partial charge in [-0.15, -0.1) is 0 Å². The molecule has 11 atom stereocenters. The number of nitrogens with two attached hydrogens (primary N) is 9. The molecule has 0 bridgehead atoms. The fourth-order valence-electron chi connectivity index (χ4n) is 10.0. The predicted octanol–water partition coefficient (Wildman–Crippen LogP) is -9.38. The number of amides is 14. The number of aromatic amines is 2. The Labute approximate surface area is 603 Å². The smallest absolute Gasteiger partial charge is 0.325 e. The summed E-state index contributed by atoms with van der Waals surface area (Å²) in [6.45, 7) is 3.36. The number of imidazole rings is 1. The summed E-state index contributed by atoms with van der Waals surface area (Å²) >= 11 is 0. The van der Waals surface area contributed by atoms with Crippen LogP contribution in [-0.2, 0) is 75.2 Å². The minimum Gasteiger partial charge on any atom is -0.480 e. The number of benzene rings is 1. The Hall–Kier alpha value is -11.9. The van der Waals surface area contributed by atoms with Crippen LogP contribution in [-0.4, -0.2) is 232 Å². The van der Waals surface area contributed by atoms with Gasteiger partial charge in [-0.05, 0) is 89.2 Å². The van der Waals surface area contributed by atoms with E-state index in [4.69, 9.17) is 51.6 Å². The lowest BCUT2D eigenvalue weighted by Gasteiger charge is -2.28. The molecule has 0 aliphatic rings. The van der Waals surface area contributed by atoms with Gasteiger partial charge in [-0.25, -0.2) is 9.78 Å². The number of nitrogens with zero attached hydrogens (tertiary/aromatic N) is 4. The Balaban J connectivity index is 1.94. The second-order valence-corrected chi connectivity index (χ2v) is 24.7. The number of fused-ring (bicyclic) bond motifs is 1. The zero-order valence-electron chi connectivity index (χ0n) is 58.8. The number of hydrogen-bond donors (Lipinski definition) is 25. The van der Waals surface area contributed by atoms with Gasteiger partial charge in [0.2, 0.25) is 70.9 Å². The first kappa shape index (κ1) is 87.3. The molecule has 43 nitrogen and oxygen atoms in total. The van der Waals surface area contributed by atoms with Gasteiger partial charge in [0.05, 0.1) is 25.5 Å². The number of carbonyl (C=O) groups is 14. The van der Waals surface area contributed by atoms with Crippen molar-refractivity contribution in [2.24, 2.45) is 72.5 Å². The van der Waals surface area contributed by atoms with Gasteiger partial charge in [-0.3, -0.25) is 77.3 Å². The van der Waals surface area contributed by atoms with E-state index >= 15 is 0 Å². The van der Waals surface area contributed by atoms with E-state index in [2.05, 4.69) is 93.7 Å². The highest BCUT2D eigenvalue weighted by Crippen LogP contribution is 2.20. The highest BCUT2D eigenvalue weighted by atomic mass is 16.4. The van der Waals surface area contributed by atoms with Gasteiger partial charge in [0.25, 0.3) is 0 Å². The van der Waals surface area contributed by atoms with Crippen molar-refractivity contribution in [1.82, 2.24) is 78.8 Å². The molecule has 0 saturated carbocycles. The largest absolute Gasteiger partial charge is 0.480 e. The van der Waals surface area contributed by atoms with E-state index in [1.165, 1.54) is 26.4 Å². The average Bonchev–Trinajstić information content (AvgIpc) is 1.67. The topological polar surface area (TPSA) is 740 Å².